The van der Waals surface area contributed by atoms with Crippen molar-refractivity contribution in [3.63, 3.8) is 0 Å². The number of hydrogen-bond acceptors (Lipinski definition) is 2. The molecule has 4 heteroatoms. The van der Waals surface area contributed by atoms with Crippen LogP contribution in [0.5, 0.6) is 0 Å². The second kappa shape index (κ2) is 4.83. The molecule has 2 heterocycles. The fourth-order valence-electron chi connectivity index (χ4n) is 2.60. The standard InChI is InChI=1S/C11H19BrN2O/c1-2-13-6-3-4-9(8-13)14-7-5-10(12)11(14)15/h9-10H,2-8H2,1H3. The maximum Gasteiger partial charge on any atom is 0.236 e. The lowest BCUT2D eigenvalue weighted by Gasteiger charge is -2.37. The zero-order chi connectivity index (χ0) is 10.8. The summed E-state index contributed by atoms with van der Waals surface area (Å²) in [6.07, 6.45) is 3.39. The first kappa shape index (κ1) is 11.4. The maximum absolute atomic E-state index is 11.9. The summed E-state index contributed by atoms with van der Waals surface area (Å²) in [7, 11) is 0. The van der Waals surface area contributed by atoms with Crippen molar-refractivity contribution in [2.45, 2.75) is 37.1 Å². The van der Waals surface area contributed by atoms with Crippen LogP contribution in [0.25, 0.3) is 0 Å². The zero-order valence-corrected chi connectivity index (χ0v) is 10.9. The van der Waals surface area contributed by atoms with E-state index in [9.17, 15) is 4.79 Å². The molecule has 2 fully saturated rings. The third kappa shape index (κ3) is 2.36. The molecule has 2 saturated heterocycles. The van der Waals surface area contributed by atoms with Crippen LogP contribution in [0, 0.1) is 0 Å². The van der Waals surface area contributed by atoms with Crippen molar-refractivity contribution in [2.75, 3.05) is 26.2 Å². The molecule has 0 spiro atoms. The normalized spacial score (nSPS) is 33.7. The number of carbonyl (C=O) groups excluding carboxylic acids is 1. The number of nitrogens with zero attached hydrogens (tertiary/aromatic N) is 2. The second-order valence-electron chi connectivity index (χ2n) is 4.48. The van der Waals surface area contributed by atoms with E-state index < -0.39 is 0 Å². The van der Waals surface area contributed by atoms with Crippen LogP contribution in [-0.2, 0) is 4.79 Å². The van der Waals surface area contributed by atoms with Crippen molar-refractivity contribution in [3.05, 3.63) is 0 Å². The van der Waals surface area contributed by atoms with E-state index in [1.807, 2.05) is 0 Å². The lowest BCUT2D eigenvalue weighted by molar-refractivity contribution is -0.130. The highest BCUT2D eigenvalue weighted by Crippen LogP contribution is 2.24. The molecule has 0 bridgehead atoms. The highest BCUT2D eigenvalue weighted by atomic mass is 79.9. The Balaban J connectivity index is 1.95. The Hall–Kier alpha value is -0.0900. The SMILES string of the molecule is CCN1CCCC(N2CCC(Br)C2=O)C1. The molecule has 2 aliphatic heterocycles. The van der Waals surface area contributed by atoms with Crippen LogP contribution in [0.1, 0.15) is 26.2 Å². The topological polar surface area (TPSA) is 23.6 Å². The van der Waals surface area contributed by atoms with E-state index in [1.54, 1.807) is 0 Å². The number of rotatable bonds is 2. The number of amides is 1. The van der Waals surface area contributed by atoms with E-state index in [-0.39, 0.29) is 4.83 Å². The first-order chi connectivity index (χ1) is 7.22. The summed E-state index contributed by atoms with van der Waals surface area (Å²) in [4.78, 5) is 16.5. The van der Waals surface area contributed by atoms with Crippen LogP contribution in [0.3, 0.4) is 0 Å². The van der Waals surface area contributed by atoms with Gasteiger partial charge in [0, 0.05) is 19.1 Å². The summed E-state index contributed by atoms with van der Waals surface area (Å²) < 4.78 is 0. The minimum absolute atomic E-state index is 0.0782. The minimum atomic E-state index is 0.0782. The summed E-state index contributed by atoms with van der Waals surface area (Å²) >= 11 is 3.44. The van der Waals surface area contributed by atoms with Gasteiger partial charge in [0.1, 0.15) is 0 Å². The van der Waals surface area contributed by atoms with Crippen LogP contribution in [-0.4, -0.2) is 52.8 Å². The summed E-state index contributed by atoms with van der Waals surface area (Å²) in [6.45, 7) is 6.52. The Labute approximate surface area is 99.9 Å². The fraction of sp³-hybridized carbons (Fsp3) is 0.909. The minimum Gasteiger partial charge on any atom is -0.337 e. The summed E-state index contributed by atoms with van der Waals surface area (Å²) in [6, 6.07) is 0.466. The van der Waals surface area contributed by atoms with E-state index in [1.165, 1.54) is 19.4 Å². The third-order valence-corrected chi connectivity index (χ3v) is 4.39. The monoisotopic (exact) mass is 274 g/mol. The molecule has 0 N–H and O–H groups in total. The van der Waals surface area contributed by atoms with Crippen LogP contribution in [0.2, 0.25) is 0 Å². The zero-order valence-electron chi connectivity index (χ0n) is 9.29. The van der Waals surface area contributed by atoms with Crippen molar-refractivity contribution in [3.8, 4) is 0 Å². The molecule has 86 valence electrons. The molecule has 3 nitrogen and oxygen atoms in total. The Morgan fingerprint density at radius 3 is 2.80 bits per heavy atom. The van der Waals surface area contributed by atoms with Crippen molar-refractivity contribution in [1.82, 2.24) is 9.80 Å². The molecule has 2 aliphatic rings. The predicted octanol–water partition coefficient (Wildman–Crippen LogP) is 1.47. The van der Waals surface area contributed by atoms with Gasteiger partial charge >= 0.3 is 0 Å². The number of piperidine rings is 1. The molecule has 0 aliphatic carbocycles. The molecule has 0 aromatic carbocycles. The molecular formula is C11H19BrN2O. The lowest BCUT2D eigenvalue weighted by atomic mass is 10.0. The van der Waals surface area contributed by atoms with E-state index in [0.717, 1.165) is 26.1 Å². The summed E-state index contributed by atoms with van der Waals surface area (Å²) in [5.41, 5.74) is 0. The average Bonchev–Trinajstić information content (AvgIpc) is 2.60. The van der Waals surface area contributed by atoms with Gasteiger partial charge in [-0.1, -0.05) is 22.9 Å². The number of halogens is 1. The van der Waals surface area contributed by atoms with Gasteiger partial charge in [0.15, 0.2) is 0 Å². The second-order valence-corrected chi connectivity index (χ2v) is 5.58. The number of likely N-dealkylation sites (N-methyl/N-ethyl adjacent to an activating group) is 1. The van der Waals surface area contributed by atoms with E-state index >= 15 is 0 Å². The molecule has 0 aromatic heterocycles. The Morgan fingerprint density at radius 2 is 2.20 bits per heavy atom. The summed E-state index contributed by atoms with van der Waals surface area (Å²) in [5, 5.41) is 0. The molecule has 0 saturated carbocycles. The van der Waals surface area contributed by atoms with Crippen LogP contribution < -0.4 is 0 Å². The van der Waals surface area contributed by atoms with E-state index in [2.05, 4.69) is 32.7 Å². The Bertz CT molecular complexity index is 247. The summed E-state index contributed by atoms with van der Waals surface area (Å²) in [5.74, 6) is 0.304. The lowest BCUT2D eigenvalue weighted by Crippen LogP contribution is -2.48. The Morgan fingerprint density at radius 1 is 1.40 bits per heavy atom. The first-order valence-corrected chi connectivity index (χ1v) is 6.81. The molecule has 0 radical (unpaired) electrons. The molecule has 2 atom stereocenters. The predicted molar refractivity (Wildman–Crippen MR) is 64.2 cm³/mol. The van der Waals surface area contributed by atoms with Crippen LogP contribution in [0.4, 0.5) is 0 Å². The van der Waals surface area contributed by atoms with Gasteiger partial charge in [-0.3, -0.25) is 4.79 Å². The smallest absolute Gasteiger partial charge is 0.236 e. The number of carbonyl (C=O) groups is 1. The van der Waals surface area contributed by atoms with Crippen molar-refractivity contribution < 1.29 is 4.79 Å². The van der Waals surface area contributed by atoms with Gasteiger partial charge < -0.3 is 9.80 Å². The Kier molecular flexibility index (Phi) is 3.67. The van der Waals surface area contributed by atoms with Gasteiger partial charge in [-0.25, -0.2) is 0 Å². The molecular weight excluding hydrogens is 256 g/mol. The van der Waals surface area contributed by atoms with Gasteiger partial charge in [0.25, 0.3) is 0 Å². The van der Waals surface area contributed by atoms with Crippen molar-refractivity contribution in [1.29, 1.82) is 0 Å². The van der Waals surface area contributed by atoms with Gasteiger partial charge in [-0.2, -0.15) is 0 Å². The number of hydrogen-bond donors (Lipinski definition) is 0. The highest BCUT2D eigenvalue weighted by Gasteiger charge is 2.35. The van der Waals surface area contributed by atoms with Crippen molar-refractivity contribution in [2.24, 2.45) is 0 Å². The van der Waals surface area contributed by atoms with Crippen molar-refractivity contribution >= 4 is 21.8 Å². The molecule has 0 aromatic rings. The van der Waals surface area contributed by atoms with E-state index in [4.69, 9.17) is 0 Å². The maximum atomic E-state index is 11.9. The van der Waals surface area contributed by atoms with E-state index in [0.29, 0.717) is 11.9 Å². The largest absolute Gasteiger partial charge is 0.337 e. The van der Waals surface area contributed by atoms with Gasteiger partial charge in [0.05, 0.1) is 4.83 Å². The molecule has 2 rings (SSSR count). The molecule has 15 heavy (non-hydrogen) atoms. The molecule has 1 amide bonds. The highest BCUT2D eigenvalue weighted by molar-refractivity contribution is 9.10. The van der Waals surface area contributed by atoms with Gasteiger partial charge in [-0.15, -0.1) is 0 Å². The quantitative estimate of drug-likeness (QED) is 0.712. The molecule has 2 unspecified atom stereocenters. The number of likely N-dealkylation sites (tertiary alicyclic amines) is 2. The third-order valence-electron chi connectivity index (χ3n) is 3.54. The van der Waals surface area contributed by atoms with Gasteiger partial charge in [-0.05, 0) is 32.4 Å². The number of alkyl halides is 1. The fourth-order valence-corrected chi connectivity index (χ4v) is 3.07. The average molecular weight is 275 g/mol. The first-order valence-electron chi connectivity index (χ1n) is 5.89. The van der Waals surface area contributed by atoms with Crippen LogP contribution in [0.15, 0.2) is 0 Å². The van der Waals surface area contributed by atoms with Gasteiger partial charge in [0.2, 0.25) is 5.91 Å². The van der Waals surface area contributed by atoms with Crippen LogP contribution >= 0.6 is 15.9 Å².